The number of carbonyl (C=O) groups excluding carboxylic acids is 1. The van der Waals surface area contributed by atoms with Gasteiger partial charge in [-0.1, -0.05) is 0 Å². The minimum absolute atomic E-state index is 0.0598. The maximum Gasteiger partial charge on any atom is 0.323 e. The van der Waals surface area contributed by atoms with Crippen LogP contribution in [0.2, 0.25) is 0 Å². The fourth-order valence-corrected chi connectivity index (χ4v) is 1.93. The number of hydrogen-bond donors (Lipinski definition) is 2. The highest BCUT2D eigenvalue weighted by Gasteiger charge is 2.45. The molecule has 1 aliphatic carbocycles. The zero-order valence-corrected chi connectivity index (χ0v) is 9.02. The molecule has 2 rings (SSSR count). The van der Waals surface area contributed by atoms with Crippen molar-refractivity contribution in [2.75, 3.05) is 19.8 Å². The molecule has 1 amide bonds. The van der Waals surface area contributed by atoms with Crippen LogP contribution in [0.5, 0.6) is 0 Å². The number of aliphatic carboxylic acids is 1. The molecule has 1 atom stereocenters. The number of ether oxygens (including phenoxy) is 1. The van der Waals surface area contributed by atoms with Crippen LogP contribution in [-0.2, 0) is 14.3 Å². The van der Waals surface area contributed by atoms with Crippen LogP contribution in [0.1, 0.15) is 19.3 Å². The van der Waals surface area contributed by atoms with Gasteiger partial charge in [0, 0.05) is 12.6 Å². The molecule has 6 nitrogen and oxygen atoms in total. The van der Waals surface area contributed by atoms with Crippen molar-refractivity contribution in [3.05, 3.63) is 0 Å². The summed E-state index contributed by atoms with van der Waals surface area (Å²) in [6, 6.07) is 0.0598. The Bertz CT molecular complexity index is 308. The number of nitrogens with two attached hydrogens (primary N) is 1. The van der Waals surface area contributed by atoms with Gasteiger partial charge in [-0.15, -0.1) is 0 Å². The molecule has 1 unspecified atom stereocenters. The molecule has 3 N–H and O–H groups in total. The predicted molar refractivity (Wildman–Crippen MR) is 54.7 cm³/mol. The molecule has 1 saturated heterocycles. The van der Waals surface area contributed by atoms with E-state index < -0.39 is 11.5 Å². The number of rotatable bonds is 4. The lowest BCUT2D eigenvalue weighted by atomic mass is 9.98. The average molecular weight is 228 g/mol. The first-order valence-corrected chi connectivity index (χ1v) is 5.42. The van der Waals surface area contributed by atoms with Crippen molar-refractivity contribution in [3.8, 4) is 0 Å². The second-order valence-electron chi connectivity index (χ2n) is 4.52. The van der Waals surface area contributed by atoms with E-state index in [2.05, 4.69) is 0 Å². The molecule has 2 fully saturated rings. The maximum atomic E-state index is 12.1. The quantitative estimate of drug-likeness (QED) is 0.655. The lowest BCUT2D eigenvalue weighted by Crippen LogP contribution is -2.57. The topological polar surface area (TPSA) is 92.9 Å². The Balaban J connectivity index is 2.07. The summed E-state index contributed by atoms with van der Waals surface area (Å²) < 4.78 is 5.12. The summed E-state index contributed by atoms with van der Waals surface area (Å²) in [7, 11) is 0. The lowest BCUT2D eigenvalue weighted by molar-refractivity contribution is -0.147. The van der Waals surface area contributed by atoms with E-state index >= 15 is 0 Å². The molecule has 6 heteroatoms. The van der Waals surface area contributed by atoms with Crippen LogP contribution in [0.4, 0.5) is 0 Å². The molecule has 1 saturated carbocycles. The van der Waals surface area contributed by atoms with Crippen molar-refractivity contribution in [2.45, 2.75) is 30.8 Å². The molecule has 1 aliphatic heterocycles. The van der Waals surface area contributed by atoms with Gasteiger partial charge in [-0.3, -0.25) is 9.59 Å². The lowest BCUT2D eigenvalue weighted by Gasteiger charge is -2.29. The molecule has 0 aromatic heterocycles. The molecule has 90 valence electrons. The van der Waals surface area contributed by atoms with Gasteiger partial charge in [0.1, 0.15) is 12.1 Å². The van der Waals surface area contributed by atoms with E-state index in [0.717, 1.165) is 12.8 Å². The summed E-state index contributed by atoms with van der Waals surface area (Å²) in [5.41, 5.74) is 4.92. The van der Waals surface area contributed by atoms with Gasteiger partial charge in [-0.25, -0.2) is 0 Å². The second-order valence-corrected chi connectivity index (χ2v) is 4.52. The molecule has 2 aliphatic rings. The molecule has 16 heavy (non-hydrogen) atoms. The van der Waals surface area contributed by atoms with Crippen LogP contribution < -0.4 is 5.73 Å². The van der Waals surface area contributed by atoms with Crippen molar-refractivity contribution >= 4 is 11.9 Å². The Kier molecular flexibility index (Phi) is 2.86. The normalized spacial score (nSPS) is 29.1. The smallest absolute Gasteiger partial charge is 0.323 e. The highest BCUT2D eigenvalue weighted by molar-refractivity contribution is 5.89. The van der Waals surface area contributed by atoms with Gasteiger partial charge in [-0.2, -0.15) is 0 Å². The van der Waals surface area contributed by atoms with Gasteiger partial charge >= 0.3 is 5.97 Å². The van der Waals surface area contributed by atoms with Gasteiger partial charge in [0.15, 0.2) is 0 Å². The number of amides is 1. The number of carbonyl (C=O) groups is 2. The van der Waals surface area contributed by atoms with E-state index in [1.807, 2.05) is 0 Å². The van der Waals surface area contributed by atoms with Crippen LogP contribution in [0, 0.1) is 0 Å². The van der Waals surface area contributed by atoms with Crippen LogP contribution in [-0.4, -0.2) is 53.2 Å². The minimum atomic E-state index is -1.02. The Labute approximate surface area is 93.3 Å². The largest absolute Gasteiger partial charge is 0.480 e. The molecular formula is C10H16N2O4. The molecule has 0 bridgehead atoms. The molecule has 0 spiro atoms. The molecule has 1 heterocycles. The van der Waals surface area contributed by atoms with Crippen molar-refractivity contribution in [2.24, 2.45) is 5.73 Å². The second kappa shape index (κ2) is 4.03. The highest BCUT2D eigenvalue weighted by atomic mass is 16.5. The van der Waals surface area contributed by atoms with Crippen LogP contribution in [0.25, 0.3) is 0 Å². The zero-order valence-electron chi connectivity index (χ0n) is 9.02. The monoisotopic (exact) mass is 228 g/mol. The molecular weight excluding hydrogens is 212 g/mol. The van der Waals surface area contributed by atoms with Gasteiger partial charge in [0.25, 0.3) is 0 Å². The summed E-state index contributed by atoms with van der Waals surface area (Å²) in [5.74, 6) is -1.28. The molecule has 0 aromatic rings. The SMILES string of the molecule is NC1(C(=O)N(CC(=O)O)C2CC2)CCOC1. The molecule has 0 radical (unpaired) electrons. The van der Waals surface area contributed by atoms with E-state index in [0.29, 0.717) is 13.0 Å². The van der Waals surface area contributed by atoms with Crippen LogP contribution >= 0.6 is 0 Å². The molecule has 0 aromatic carbocycles. The Morgan fingerprint density at radius 2 is 2.19 bits per heavy atom. The summed E-state index contributed by atoms with van der Waals surface area (Å²) in [6.45, 7) is 0.394. The van der Waals surface area contributed by atoms with Crippen molar-refractivity contribution in [1.29, 1.82) is 0 Å². The number of nitrogens with zero attached hydrogens (tertiary/aromatic N) is 1. The van der Waals surface area contributed by atoms with Crippen LogP contribution in [0.3, 0.4) is 0 Å². The number of hydrogen-bond acceptors (Lipinski definition) is 4. The third kappa shape index (κ3) is 2.17. The van der Waals surface area contributed by atoms with E-state index in [9.17, 15) is 9.59 Å². The van der Waals surface area contributed by atoms with E-state index in [1.54, 1.807) is 0 Å². The Morgan fingerprint density at radius 1 is 1.50 bits per heavy atom. The maximum absolute atomic E-state index is 12.1. The minimum Gasteiger partial charge on any atom is -0.480 e. The van der Waals surface area contributed by atoms with Gasteiger partial charge in [0.05, 0.1) is 6.61 Å². The summed E-state index contributed by atoms with van der Waals surface area (Å²) in [5, 5.41) is 8.77. The third-order valence-corrected chi connectivity index (χ3v) is 3.03. The summed E-state index contributed by atoms with van der Waals surface area (Å²) in [4.78, 5) is 24.2. The summed E-state index contributed by atoms with van der Waals surface area (Å²) in [6.07, 6.45) is 2.21. The van der Waals surface area contributed by atoms with E-state index in [4.69, 9.17) is 15.6 Å². The average Bonchev–Trinajstić information content (AvgIpc) is 2.97. The van der Waals surface area contributed by atoms with Gasteiger partial charge < -0.3 is 20.5 Å². The number of carboxylic acid groups (broad SMARTS) is 1. The van der Waals surface area contributed by atoms with Gasteiger partial charge in [0.2, 0.25) is 5.91 Å². The fourth-order valence-electron chi connectivity index (χ4n) is 1.93. The van der Waals surface area contributed by atoms with Crippen molar-refractivity contribution in [1.82, 2.24) is 4.90 Å². The van der Waals surface area contributed by atoms with Gasteiger partial charge in [-0.05, 0) is 19.3 Å². The standard InChI is InChI=1S/C10H16N2O4/c11-10(3-4-16-6-10)9(15)12(5-8(13)14)7-1-2-7/h7H,1-6,11H2,(H,13,14). The highest BCUT2D eigenvalue weighted by Crippen LogP contribution is 2.30. The third-order valence-electron chi connectivity index (χ3n) is 3.03. The Hall–Kier alpha value is -1.14. The first-order valence-electron chi connectivity index (χ1n) is 5.42. The fraction of sp³-hybridized carbons (Fsp3) is 0.800. The zero-order chi connectivity index (χ0) is 11.8. The van der Waals surface area contributed by atoms with Crippen LogP contribution in [0.15, 0.2) is 0 Å². The van der Waals surface area contributed by atoms with E-state index in [-0.39, 0.29) is 25.1 Å². The van der Waals surface area contributed by atoms with Crippen molar-refractivity contribution < 1.29 is 19.4 Å². The first kappa shape index (κ1) is 11.3. The Morgan fingerprint density at radius 3 is 2.62 bits per heavy atom. The summed E-state index contributed by atoms with van der Waals surface area (Å²) >= 11 is 0. The van der Waals surface area contributed by atoms with E-state index in [1.165, 1.54) is 4.90 Å². The first-order chi connectivity index (χ1) is 7.53. The number of carboxylic acids is 1. The predicted octanol–water partition coefficient (Wildman–Crippen LogP) is -0.820. The van der Waals surface area contributed by atoms with Crippen molar-refractivity contribution in [3.63, 3.8) is 0 Å².